The van der Waals surface area contributed by atoms with Crippen molar-refractivity contribution in [2.24, 2.45) is 17.3 Å². The van der Waals surface area contributed by atoms with Crippen LogP contribution in [0.1, 0.15) is 32.1 Å². The van der Waals surface area contributed by atoms with E-state index in [0.29, 0.717) is 12.5 Å². The summed E-state index contributed by atoms with van der Waals surface area (Å²) in [6.07, 6.45) is 5.56. The number of amides is 1. The maximum atomic E-state index is 12.9. The SMILES string of the molecule is COCC1(C(=O)N2C[C@@H](CN3CCCC3)C[C@H](CO)C2)CC1. The van der Waals surface area contributed by atoms with E-state index >= 15 is 0 Å². The van der Waals surface area contributed by atoms with Crippen molar-refractivity contribution < 1.29 is 14.6 Å². The predicted molar refractivity (Wildman–Crippen MR) is 84.5 cm³/mol. The van der Waals surface area contributed by atoms with Gasteiger partial charge in [-0.3, -0.25) is 4.79 Å². The standard InChI is InChI=1S/C17H30N2O3/c1-22-13-17(4-5-17)16(21)19-10-14(8-15(11-19)12-20)9-18-6-2-3-7-18/h14-15,20H,2-13H2,1H3/t14-,15+/m1/s1. The molecule has 126 valence electrons. The number of likely N-dealkylation sites (tertiary alicyclic amines) is 2. The van der Waals surface area contributed by atoms with E-state index in [0.717, 1.165) is 38.9 Å². The maximum absolute atomic E-state index is 12.9. The third-order valence-electron chi connectivity index (χ3n) is 5.61. The lowest BCUT2D eigenvalue weighted by molar-refractivity contribution is -0.142. The van der Waals surface area contributed by atoms with E-state index in [9.17, 15) is 9.90 Å². The summed E-state index contributed by atoms with van der Waals surface area (Å²) in [4.78, 5) is 17.4. The van der Waals surface area contributed by atoms with E-state index < -0.39 is 0 Å². The van der Waals surface area contributed by atoms with Crippen molar-refractivity contribution >= 4 is 5.91 Å². The minimum absolute atomic E-state index is 0.192. The maximum Gasteiger partial charge on any atom is 0.231 e. The zero-order chi connectivity index (χ0) is 15.6. The Morgan fingerprint density at radius 1 is 1.23 bits per heavy atom. The zero-order valence-electron chi connectivity index (χ0n) is 13.8. The van der Waals surface area contributed by atoms with Crippen LogP contribution in [-0.4, -0.2) is 73.9 Å². The molecule has 0 aromatic carbocycles. The van der Waals surface area contributed by atoms with Gasteiger partial charge in [-0.25, -0.2) is 0 Å². The number of carbonyl (C=O) groups excluding carboxylic acids is 1. The second-order valence-corrected chi connectivity index (χ2v) is 7.58. The number of methoxy groups -OCH3 is 1. The van der Waals surface area contributed by atoms with E-state index in [-0.39, 0.29) is 23.8 Å². The first-order valence-electron chi connectivity index (χ1n) is 8.78. The largest absolute Gasteiger partial charge is 0.396 e. The molecule has 0 aromatic heterocycles. The fourth-order valence-corrected chi connectivity index (χ4v) is 4.26. The average Bonchev–Trinajstić information content (AvgIpc) is 3.13. The number of ether oxygens (including phenoxy) is 1. The molecule has 0 spiro atoms. The Kier molecular flexibility index (Phi) is 5.05. The van der Waals surface area contributed by atoms with Crippen molar-refractivity contribution in [3.05, 3.63) is 0 Å². The molecule has 1 saturated carbocycles. The Morgan fingerprint density at radius 3 is 2.50 bits per heavy atom. The third-order valence-corrected chi connectivity index (χ3v) is 5.61. The van der Waals surface area contributed by atoms with Gasteiger partial charge in [0.2, 0.25) is 5.91 Å². The van der Waals surface area contributed by atoms with Crippen molar-refractivity contribution in [3.8, 4) is 0 Å². The first kappa shape index (κ1) is 16.2. The van der Waals surface area contributed by atoms with Crippen LogP contribution >= 0.6 is 0 Å². The van der Waals surface area contributed by atoms with Crippen molar-refractivity contribution in [2.75, 3.05) is 53.0 Å². The molecule has 3 fully saturated rings. The fraction of sp³-hybridized carbons (Fsp3) is 0.941. The number of aliphatic hydroxyl groups is 1. The highest BCUT2D eigenvalue weighted by Gasteiger charge is 2.52. The van der Waals surface area contributed by atoms with Gasteiger partial charge in [-0.2, -0.15) is 0 Å². The van der Waals surface area contributed by atoms with E-state index in [2.05, 4.69) is 4.90 Å². The number of hydrogen-bond donors (Lipinski definition) is 1. The van der Waals surface area contributed by atoms with Crippen molar-refractivity contribution in [3.63, 3.8) is 0 Å². The van der Waals surface area contributed by atoms with Crippen LogP contribution < -0.4 is 0 Å². The lowest BCUT2D eigenvalue weighted by Gasteiger charge is -2.40. The fourth-order valence-electron chi connectivity index (χ4n) is 4.26. The third kappa shape index (κ3) is 3.47. The van der Waals surface area contributed by atoms with Gasteiger partial charge >= 0.3 is 0 Å². The van der Waals surface area contributed by atoms with Crippen molar-refractivity contribution in [1.29, 1.82) is 0 Å². The molecule has 1 amide bonds. The van der Waals surface area contributed by atoms with Crippen LogP contribution in [0.3, 0.4) is 0 Å². The lowest BCUT2D eigenvalue weighted by Crippen LogP contribution is -2.50. The molecule has 22 heavy (non-hydrogen) atoms. The van der Waals surface area contributed by atoms with Crippen LogP contribution in [0.5, 0.6) is 0 Å². The smallest absolute Gasteiger partial charge is 0.231 e. The Hall–Kier alpha value is -0.650. The molecule has 0 unspecified atom stereocenters. The Morgan fingerprint density at radius 2 is 1.91 bits per heavy atom. The van der Waals surface area contributed by atoms with Gasteiger partial charge in [0.25, 0.3) is 0 Å². The molecule has 0 aromatic rings. The summed E-state index contributed by atoms with van der Waals surface area (Å²) in [6, 6.07) is 0. The van der Waals surface area contributed by atoms with E-state index in [1.165, 1.54) is 25.9 Å². The highest BCUT2D eigenvalue weighted by Crippen LogP contribution is 2.48. The lowest BCUT2D eigenvalue weighted by atomic mass is 9.88. The van der Waals surface area contributed by atoms with Crippen LogP contribution in [0.4, 0.5) is 0 Å². The molecule has 1 aliphatic carbocycles. The highest BCUT2D eigenvalue weighted by molar-refractivity contribution is 5.85. The number of aliphatic hydroxyl groups excluding tert-OH is 1. The van der Waals surface area contributed by atoms with Crippen molar-refractivity contribution in [2.45, 2.75) is 32.1 Å². The first-order chi connectivity index (χ1) is 10.7. The summed E-state index contributed by atoms with van der Waals surface area (Å²) in [7, 11) is 1.68. The van der Waals surface area contributed by atoms with Gasteiger partial charge in [0.05, 0.1) is 12.0 Å². The van der Waals surface area contributed by atoms with Crippen LogP contribution in [0.15, 0.2) is 0 Å². The van der Waals surface area contributed by atoms with Crippen LogP contribution in [0.25, 0.3) is 0 Å². The molecule has 3 rings (SSSR count). The van der Waals surface area contributed by atoms with E-state index in [4.69, 9.17) is 4.74 Å². The quantitative estimate of drug-likeness (QED) is 0.794. The van der Waals surface area contributed by atoms with E-state index in [1.807, 2.05) is 4.90 Å². The van der Waals surface area contributed by atoms with Crippen LogP contribution in [0, 0.1) is 17.3 Å². The molecule has 2 atom stereocenters. The monoisotopic (exact) mass is 310 g/mol. The Balaban J connectivity index is 1.61. The summed E-state index contributed by atoms with van der Waals surface area (Å²) in [5, 5.41) is 9.61. The molecular weight excluding hydrogens is 280 g/mol. The molecule has 1 N–H and O–H groups in total. The summed E-state index contributed by atoms with van der Waals surface area (Å²) in [6.45, 7) is 5.79. The topological polar surface area (TPSA) is 53.0 Å². The molecule has 2 heterocycles. The van der Waals surface area contributed by atoms with Gasteiger partial charge in [0.15, 0.2) is 0 Å². The second-order valence-electron chi connectivity index (χ2n) is 7.58. The Bertz CT molecular complexity index is 391. The summed E-state index contributed by atoms with van der Waals surface area (Å²) < 4.78 is 5.26. The number of hydrogen-bond acceptors (Lipinski definition) is 4. The molecule has 2 aliphatic heterocycles. The minimum atomic E-state index is -0.246. The summed E-state index contributed by atoms with van der Waals surface area (Å²) in [5.74, 6) is 1.01. The first-order valence-corrected chi connectivity index (χ1v) is 8.78. The van der Waals surface area contributed by atoms with Gasteiger partial charge in [0, 0.05) is 33.4 Å². The van der Waals surface area contributed by atoms with Gasteiger partial charge in [-0.15, -0.1) is 0 Å². The summed E-state index contributed by atoms with van der Waals surface area (Å²) in [5.41, 5.74) is -0.246. The van der Waals surface area contributed by atoms with Crippen molar-refractivity contribution in [1.82, 2.24) is 9.80 Å². The van der Waals surface area contributed by atoms with Gasteiger partial charge < -0.3 is 19.6 Å². The number of carbonyl (C=O) groups is 1. The molecular formula is C17H30N2O3. The molecule has 5 heteroatoms. The molecule has 3 aliphatic rings. The minimum Gasteiger partial charge on any atom is -0.396 e. The van der Waals surface area contributed by atoms with Crippen LogP contribution in [0.2, 0.25) is 0 Å². The molecule has 5 nitrogen and oxygen atoms in total. The van der Waals surface area contributed by atoms with Crippen LogP contribution in [-0.2, 0) is 9.53 Å². The predicted octanol–water partition coefficient (Wildman–Crippen LogP) is 0.966. The molecule has 2 saturated heterocycles. The average molecular weight is 310 g/mol. The Labute approximate surface area is 133 Å². The normalized spacial score (nSPS) is 31.5. The van der Waals surface area contributed by atoms with Gasteiger partial charge in [-0.1, -0.05) is 0 Å². The number of piperidine rings is 1. The molecule has 0 bridgehead atoms. The van der Waals surface area contributed by atoms with Gasteiger partial charge in [-0.05, 0) is 57.0 Å². The molecule has 0 radical (unpaired) electrons. The van der Waals surface area contributed by atoms with E-state index in [1.54, 1.807) is 7.11 Å². The van der Waals surface area contributed by atoms with Gasteiger partial charge in [0.1, 0.15) is 0 Å². The number of rotatable bonds is 6. The number of nitrogens with zero attached hydrogens (tertiary/aromatic N) is 2. The second kappa shape index (κ2) is 6.85. The highest BCUT2D eigenvalue weighted by atomic mass is 16.5. The summed E-state index contributed by atoms with van der Waals surface area (Å²) >= 11 is 0. The zero-order valence-corrected chi connectivity index (χ0v) is 13.8.